The van der Waals surface area contributed by atoms with Gasteiger partial charge in [-0.25, -0.2) is 14.6 Å². The minimum absolute atomic E-state index is 0.0565. The van der Waals surface area contributed by atoms with Crippen molar-refractivity contribution in [3.8, 4) is 0 Å². The molecule has 0 spiro atoms. The van der Waals surface area contributed by atoms with Gasteiger partial charge in [0.15, 0.2) is 0 Å². The van der Waals surface area contributed by atoms with E-state index in [1.165, 1.54) is 12.8 Å². The standard InChI is InChI=1S/C18H23N5O/c1-13-19-7-14(8-20-13)9-22-10-15(11-22)12-23-18(24)6-16-4-2-3-5-17(16)21-23/h6-8,15H,2-5,9-12H2,1H3. The molecule has 3 heterocycles. The molecular formula is C18H23N5O. The van der Waals surface area contributed by atoms with Gasteiger partial charge in [-0.1, -0.05) is 0 Å². The predicted octanol–water partition coefficient (Wildman–Crippen LogP) is 1.35. The lowest BCUT2D eigenvalue weighted by molar-refractivity contribution is 0.0762. The average molecular weight is 325 g/mol. The fourth-order valence-electron chi connectivity index (χ4n) is 3.66. The fourth-order valence-corrected chi connectivity index (χ4v) is 3.66. The zero-order chi connectivity index (χ0) is 16.5. The molecule has 0 unspecified atom stereocenters. The van der Waals surface area contributed by atoms with E-state index in [9.17, 15) is 4.79 Å². The fraction of sp³-hybridized carbons (Fsp3) is 0.556. The zero-order valence-corrected chi connectivity index (χ0v) is 14.1. The molecule has 2 aliphatic rings. The van der Waals surface area contributed by atoms with Crippen LogP contribution in [-0.2, 0) is 25.9 Å². The van der Waals surface area contributed by atoms with Gasteiger partial charge in [-0.15, -0.1) is 0 Å². The van der Waals surface area contributed by atoms with Gasteiger partial charge in [0.05, 0.1) is 12.2 Å². The first-order valence-corrected chi connectivity index (χ1v) is 8.77. The predicted molar refractivity (Wildman–Crippen MR) is 90.7 cm³/mol. The van der Waals surface area contributed by atoms with Gasteiger partial charge < -0.3 is 0 Å². The Labute approximate surface area is 141 Å². The first-order chi connectivity index (χ1) is 11.7. The highest BCUT2D eigenvalue weighted by molar-refractivity contribution is 5.20. The SMILES string of the molecule is Cc1ncc(CN2CC(Cn3nc4c(cc3=O)CCCC4)C2)cn1. The average Bonchev–Trinajstić information content (AvgIpc) is 2.55. The molecule has 2 aromatic heterocycles. The number of aryl methyl sites for hydroxylation is 3. The zero-order valence-electron chi connectivity index (χ0n) is 14.1. The lowest BCUT2D eigenvalue weighted by Crippen LogP contribution is -2.49. The van der Waals surface area contributed by atoms with E-state index in [1.54, 1.807) is 4.68 Å². The van der Waals surface area contributed by atoms with Crippen LogP contribution < -0.4 is 5.56 Å². The molecule has 0 saturated carbocycles. The molecule has 1 aliphatic carbocycles. The van der Waals surface area contributed by atoms with Gasteiger partial charge in [0.25, 0.3) is 5.56 Å². The van der Waals surface area contributed by atoms with Crippen LogP contribution in [0.15, 0.2) is 23.3 Å². The van der Waals surface area contributed by atoms with E-state index in [-0.39, 0.29) is 5.56 Å². The van der Waals surface area contributed by atoms with Gasteiger partial charge in [0, 0.05) is 49.6 Å². The van der Waals surface area contributed by atoms with E-state index in [0.717, 1.165) is 61.7 Å². The van der Waals surface area contributed by atoms with Crippen molar-refractivity contribution in [1.82, 2.24) is 24.6 Å². The Balaban J connectivity index is 1.35. The summed E-state index contributed by atoms with van der Waals surface area (Å²) in [5.41, 5.74) is 3.50. The molecule has 1 saturated heterocycles. The molecule has 126 valence electrons. The van der Waals surface area contributed by atoms with E-state index < -0.39 is 0 Å². The third kappa shape index (κ3) is 3.24. The van der Waals surface area contributed by atoms with Gasteiger partial charge in [0.1, 0.15) is 5.82 Å². The van der Waals surface area contributed by atoms with Gasteiger partial charge in [-0.05, 0) is 38.2 Å². The molecule has 0 atom stereocenters. The number of hydrogen-bond acceptors (Lipinski definition) is 5. The van der Waals surface area contributed by atoms with Crippen LogP contribution in [0.5, 0.6) is 0 Å². The Morgan fingerprint density at radius 2 is 1.92 bits per heavy atom. The third-order valence-electron chi connectivity index (χ3n) is 4.98. The number of hydrogen-bond donors (Lipinski definition) is 0. The number of fused-ring (bicyclic) bond motifs is 1. The van der Waals surface area contributed by atoms with E-state index in [4.69, 9.17) is 0 Å². The Bertz CT molecular complexity index is 777. The Hall–Kier alpha value is -2.08. The molecule has 2 aromatic rings. The molecule has 0 aromatic carbocycles. The molecule has 6 heteroatoms. The van der Waals surface area contributed by atoms with Crippen molar-refractivity contribution >= 4 is 0 Å². The summed E-state index contributed by atoms with van der Waals surface area (Å²) < 4.78 is 1.68. The topological polar surface area (TPSA) is 63.9 Å². The Morgan fingerprint density at radius 3 is 2.71 bits per heavy atom. The monoisotopic (exact) mass is 325 g/mol. The molecule has 0 amide bonds. The van der Waals surface area contributed by atoms with Crippen LogP contribution in [0.25, 0.3) is 0 Å². The maximum Gasteiger partial charge on any atom is 0.267 e. The number of aromatic nitrogens is 4. The van der Waals surface area contributed by atoms with Gasteiger partial charge in [-0.3, -0.25) is 9.69 Å². The summed E-state index contributed by atoms with van der Waals surface area (Å²) >= 11 is 0. The minimum Gasteiger partial charge on any atom is -0.298 e. The maximum absolute atomic E-state index is 12.2. The molecule has 4 rings (SSSR count). The second-order valence-corrected chi connectivity index (χ2v) is 7.04. The summed E-state index contributed by atoms with van der Waals surface area (Å²) in [4.78, 5) is 23.1. The van der Waals surface area contributed by atoms with Crippen LogP contribution in [-0.4, -0.2) is 37.7 Å². The highest BCUT2D eigenvalue weighted by atomic mass is 16.1. The van der Waals surface area contributed by atoms with E-state index in [0.29, 0.717) is 5.92 Å². The lowest BCUT2D eigenvalue weighted by atomic mass is 9.96. The summed E-state index contributed by atoms with van der Waals surface area (Å²) in [6.07, 6.45) is 8.18. The molecule has 6 nitrogen and oxygen atoms in total. The maximum atomic E-state index is 12.2. The third-order valence-corrected chi connectivity index (χ3v) is 4.98. The van der Waals surface area contributed by atoms with Crippen LogP contribution in [0.2, 0.25) is 0 Å². The summed E-state index contributed by atoms with van der Waals surface area (Å²) in [6, 6.07) is 1.81. The summed E-state index contributed by atoms with van der Waals surface area (Å²) in [7, 11) is 0. The number of nitrogens with zero attached hydrogens (tertiary/aromatic N) is 5. The molecule has 0 N–H and O–H groups in total. The quantitative estimate of drug-likeness (QED) is 0.849. The van der Waals surface area contributed by atoms with Crippen LogP contribution >= 0.6 is 0 Å². The molecule has 0 bridgehead atoms. The van der Waals surface area contributed by atoms with E-state index in [2.05, 4.69) is 20.0 Å². The van der Waals surface area contributed by atoms with Gasteiger partial charge >= 0.3 is 0 Å². The largest absolute Gasteiger partial charge is 0.298 e. The van der Waals surface area contributed by atoms with E-state index >= 15 is 0 Å². The van der Waals surface area contributed by atoms with Crippen molar-refractivity contribution in [2.45, 2.75) is 45.7 Å². The molecular weight excluding hydrogens is 302 g/mol. The van der Waals surface area contributed by atoms with Crippen molar-refractivity contribution in [3.05, 3.63) is 51.5 Å². The van der Waals surface area contributed by atoms with Crippen LogP contribution in [0.4, 0.5) is 0 Å². The van der Waals surface area contributed by atoms with Crippen molar-refractivity contribution < 1.29 is 0 Å². The van der Waals surface area contributed by atoms with Crippen molar-refractivity contribution in [2.24, 2.45) is 5.92 Å². The number of rotatable bonds is 4. The summed E-state index contributed by atoms with van der Waals surface area (Å²) in [5.74, 6) is 1.31. The molecule has 24 heavy (non-hydrogen) atoms. The lowest BCUT2D eigenvalue weighted by Gasteiger charge is -2.39. The van der Waals surface area contributed by atoms with E-state index in [1.807, 2.05) is 25.4 Å². The molecule has 1 aliphatic heterocycles. The second-order valence-electron chi connectivity index (χ2n) is 7.04. The smallest absolute Gasteiger partial charge is 0.267 e. The normalized spacial score (nSPS) is 18.2. The summed E-state index contributed by atoms with van der Waals surface area (Å²) in [6.45, 7) is 5.50. The summed E-state index contributed by atoms with van der Waals surface area (Å²) in [5, 5.41) is 4.62. The highest BCUT2D eigenvalue weighted by Crippen LogP contribution is 2.20. The second kappa shape index (κ2) is 6.43. The van der Waals surface area contributed by atoms with Gasteiger partial charge in [0.2, 0.25) is 0 Å². The molecule has 1 fully saturated rings. The van der Waals surface area contributed by atoms with Crippen molar-refractivity contribution in [1.29, 1.82) is 0 Å². The minimum atomic E-state index is 0.0565. The van der Waals surface area contributed by atoms with Gasteiger partial charge in [-0.2, -0.15) is 5.10 Å². The van der Waals surface area contributed by atoms with Crippen LogP contribution in [0.1, 0.15) is 35.5 Å². The highest BCUT2D eigenvalue weighted by Gasteiger charge is 2.28. The first-order valence-electron chi connectivity index (χ1n) is 8.77. The van der Waals surface area contributed by atoms with Crippen LogP contribution in [0.3, 0.4) is 0 Å². The number of likely N-dealkylation sites (tertiary alicyclic amines) is 1. The van der Waals surface area contributed by atoms with Crippen molar-refractivity contribution in [2.75, 3.05) is 13.1 Å². The Kier molecular flexibility index (Phi) is 4.14. The Morgan fingerprint density at radius 1 is 1.17 bits per heavy atom. The first kappa shape index (κ1) is 15.4. The van der Waals surface area contributed by atoms with Crippen molar-refractivity contribution in [3.63, 3.8) is 0 Å². The van der Waals surface area contributed by atoms with Crippen LogP contribution in [0, 0.1) is 12.8 Å². The molecule has 0 radical (unpaired) electrons.